The van der Waals surface area contributed by atoms with Crippen LogP contribution in [0.2, 0.25) is 0 Å². The molecule has 1 aliphatic heterocycles. The molecule has 1 saturated carbocycles. The third-order valence-electron chi connectivity index (χ3n) is 5.07. The highest BCUT2D eigenvalue weighted by Gasteiger charge is 2.34. The highest BCUT2D eigenvalue weighted by Crippen LogP contribution is 2.31. The van der Waals surface area contributed by atoms with E-state index in [9.17, 15) is 9.90 Å². The van der Waals surface area contributed by atoms with Gasteiger partial charge in [-0.1, -0.05) is 30.3 Å². The summed E-state index contributed by atoms with van der Waals surface area (Å²) in [5.74, 6) is 0.571. The lowest BCUT2D eigenvalue weighted by Gasteiger charge is -2.19. The second-order valence-corrected chi connectivity index (χ2v) is 7.30. The number of hydrogen-bond acceptors (Lipinski definition) is 3. The average Bonchev–Trinajstić information content (AvgIpc) is 3.32. The minimum Gasteiger partial charge on any atom is -0.388 e. The topological polar surface area (TPSA) is 64.6 Å². The van der Waals surface area contributed by atoms with Gasteiger partial charge in [-0.15, -0.1) is 0 Å². The lowest BCUT2D eigenvalue weighted by atomic mass is 10.0. The van der Waals surface area contributed by atoms with Crippen LogP contribution >= 0.6 is 0 Å². The third-order valence-corrected chi connectivity index (χ3v) is 5.07. The lowest BCUT2D eigenvalue weighted by Crippen LogP contribution is -2.43. The van der Waals surface area contributed by atoms with Crippen molar-refractivity contribution in [2.75, 3.05) is 19.6 Å². The van der Waals surface area contributed by atoms with Gasteiger partial charge in [-0.2, -0.15) is 0 Å². The molecule has 3 unspecified atom stereocenters. The summed E-state index contributed by atoms with van der Waals surface area (Å²) in [5, 5.41) is 16.1. The third kappa shape index (κ3) is 4.95. The molecule has 132 valence electrons. The smallest absolute Gasteiger partial charge is 0.315 e. The van der Waals surface area contributed by atoms with Crippen LogP contribution in [0.4, 0.5) is 4.79 Å². The number of aliphatic hydroxyl groups excluding tert-OH is 1. The zero-order valence-corrected chi connectivity index (χ0v) is 14.4. The van der Waals surface area contributed by atoms with Crippen LogP contribution in [0.3, 0.4) is 0 Å². The predicted molar refractivity (Wildman–Crippen MR) is 94.7 cm³/mol. The Morgan fingerprint density at radius 3 is 2.75 bits per heavy atom. The molecule has 3 rings (SSSR count). The van der Waals surface area contributed by atoms with Crippen molar-refractivity contribution in [1.82, 2.24) is 15.5 Å². The minimum absolute atomic E-state index is 0.0771. The van der Waals surface area contributed by atoms with Crippen molar-refractivity contribution in [3.63, 3.8) is 0 Å². The van der Waals surface area contributed by atoms with Crippen LogP contribution in [0.15, 0.2) is 30.3 Å². The van der Waals surface area contributed by atoms with E-state index in [0.29, 0.717) is 12.3 Å². The number of urea groups is 1. The summed E-state index contributed by atoms with van der Waals surface area (Å²) >= 11 is 0. The number of amides is 2. The largest absolute Gasteiger partial charge is 0.388 e. The number of carbonyl (C=O) groups excluding carboxylic acids is 1. The molecule has 0 spiro atoms. The summed E-state index contributed by atoms with van der Waals surface area (Å²) in [4.78, 5) is 14.6. The molecule has 5 heteroatoms. The van der Waals surface area contributed by atoms with E-state index >= 15 is 0 Å². The van der Waals surface area contributed by atoms with Crippen LogP contribution in [-0.2, 0) is 0 Å². The SMILES string of the molecule is CC(CC(O)c1ccccc1)NC(=O)NCC1CCN(C2CC2)C1. The van der Waals surface area contributed by atoms with E-state index in [4.69, 9.17) is 0 Å². The summed E-state index contributed by atoms with van der Waals surface area (Å²) in [7, 11) is 0. The summed E-state index contributed by atoms with van der Waals surface area (Å²) in [6.07, 6.45) is 3.84. The first-order valence-corrected chi connectivity index (χ1v) is 9.13. The van der Waals surface area contributed by atoms with E-state index < -0.39 is 6.10 Å². The van der Waals surface area contributed by atoms with Crippen molar-refractivity contribution >= 4 is 6.03 Å². The van der Waals surface area contributed by atoms with Gasteiger partial charge in [0.25, 0.3) is 0 Å². The molecule has 1 aromatic carbocycles. The summed E-state index contributed by atoms with van der Waals surface area (Å²) in [6, 6.07) is 10.2. The molecule has 3 N–H and O–H groups in total. The van der Waals surface area contributed by atoms with Gasteiger partial charge in [0.1, 0.15) is 0 Å². The number of carbonyl (C=O) groups is 1. The van der Waals surface area contributed by atoms with Crippen molar-refractivity contribution in [2.45, 2.75) is 50.8 Å². The summed E-state index contributed by atoms with van der Waals surface area (Å²) in [6.45, 7) is 4.96. The molecule has 1 saturated heterocycles. The number of benzene rings is 1. The zero-order chi connectivity index (χ0) is 16.9. The second kappa shape index (κ2) is 7.99. The van der Waals surface area contributed by atoms with Gasteiger partial charge in [-0.25, -0.2) is 4.79 Å². The molecular formula is C19H29N3O2. The first kappa shape index (κ1) is 17.2. The van der Waals surface area contributed by atoms with Gasteiger partial charge < -0.3 is 20.6 Å². The summed E-state index contributed by atoms with van der Waals surface area (Å²) < 4.78 is 0. The highest BCUT2D eigenvalue weighted by atomic mass is 16.3. The van der Waals surface area contributed by atoms with Gasteiger partial charge in [-0.05, 0) is 50.6 Å². The number of aliphatic hydroxyl groups is 1. The van der Waals surface area contributed by atoms with Crippen molar-refractivity contribution in [3.05, 3.63) is 35.9 Å². The van der Waals surface area contributed by atoms with E-state index in [0.717, 1.165) is 24.7 Å². The minimum atomic E-state index is -0.552. The maximum absolute atomic E-state index is 12.0. The van der Waals surface area contributed by atoms with Gasteiger partial charge in [0.15, 0.2) is 0 Å². The maximum atomic E-state index is 12.0. The van der Waals surface area contributed by atoms with Crippen molar-refractivity contribution < 1.29 is 9.90 Å². The van der Waals surface area contributed by atoms with Crippen LogP contribution in [0, 0.1) is 5.92 Å². The van der Waals surface area contributed by atoms with E-state index in [1.54, 1.807) is 0 Å². The maximum Gasteiger partial charge on any atom is 0.315 e. The van der Waals surface area contributed by atoms with E-state index in [-0.39, 0.29) is 12.1 Å². The Hall–Kier alpha value is -1.59. The zero-order valence-electron chi connectivity index (χ0n) is 14.4. The molecule has 1 heterocycles. The molecule has 2 fully saturated rings. The molecule has 0 bridgehead atoms. The number of nitrogens with one attached hydrogen (secondary N) is 2. The van der Waals surface area contributed by atoms with Crippen molar-refractivity contribution in [1.29, 1.82) is 0 Å². The Kier molecular flexibility index (Phi) is 5.74. The normalized spacial score (nSPS) is 23.7. The Morgan fingerprint density at radius 2 is 2.04 bits per heavy atom. The van der Waals surface area contributed by atoms with Crippen LogP contribution in [0.1, 0.15) is 44.3 Å². The van der Waals surface area contributed by atoms with Gasteiger partial charge in [0.05, 0.1) is 6.10 Å². The predicted octanol–water partition coefficient (Wildman–Crippen LogP) is 2.28. The fraction of sp³-hybridized carbons (Fsp3) is 0.632. The Morgan fingerprint density at radius 1 is 1.29 bits per heavy atom. The van der Waals surface area contributed by atoms with E-state index in [1.165, 1.54) is 25.8 Å². The van der Waals surface area contributed by atoms with Crippen LogP contribution < -0.4 is 10.6 Å². The first-order valence-electron chi connectivity index (χ1n) is 9.13. The highest BCUT2D eigenvalue weighted by molar-refractivity contribution is 5.74. The standard InChI is InChI=1S/C19H29N3O2/c1-14(11-18(23)16-5-3-2-4-6-16)21-19(24)20-12-15-9-10-22(13-15)17-7-8-17/h2-6,14-15,17-18,23H,7-13H2,1H3,(H2,20,21,24). The lowest BCUT2D eigenvalue weighted by molar-refractivity contribution is 0.154. The van der Waals surface area contributed by atoms with Crippen LogP contribution in [-0.4, -0.2) is 47.8 Å². The Bertz CT molecular complexity index is 533. The molecular weight excluding hydrogens is 302 g/mol. The number of nitrogens with zero attached hydrogens (tertiary/aromatic N) is 1. The van der Waals surface area contributed by atoms with E-state index in [1.807, 2.05) is 37.3 Å². The number of likely N-dealkylation sites (tertiary alicyclic amines) is 1. The molecule has 0 aromatic heterocycles. The van der Waals surface area contributed by atoms with E-state index in [2.05, 4.69) is 15.5 Å². The molecule has 3 atom stereocenters. The molecule has 0 radical (unpaired) electrons. The quantitative estimate of drug-likeness (QED) is 0.718. The fourth-order valence-electron chi connectivity index (χ4n) is 3.52. The van der Waals surface area contributed by atoms with Gasteiger partial charge in [0, 0.05) is 25.2 Å². The van der Waals surface area contributed by atoms with Crippen molar-refractivity contribution in [2.24, 2.45) is 5.92 Å². The Balaban J connectivity index is 1.34. The second-order valence-electron chi connectivity index (χ2n) is 7.30. The van der Waals surface area contributed by atoms with Gasteiger partial charge in [0.2, 0.25) is 0 Å². The first-order chi connectivity index (χ1) is 11.6. The fourth-order valence-corrected chi connectivity index (χ4v) is 3.52. The average molecular weight is 331 g/mol. The Labute approximate surface area is 144 Å². The monoisotopic (exact) mass is 331 g/mol. The molecule has 2 aliphatic rings. The number of rotatable bonds is 7. The number of hydrogen-bond donors (Lipinski definition) is 3. The molecule has 2 amide bonds. The molecule has 1 aromatic rings. The molecule has 5 nitrogen and oxygen atoms in total. The van der Waals surface area contributed by atoms with Crippen molar-refractivity contribution in [3.8, 4) is 0 Å². The summed E-state index contributed by atoms with van der Waals surface area (Å²) in [5.41, 5.74) is 0.887. The van der Waals surface area contributed by atoms with Crippen LogP contribution in [0.25, 0.3) is 0 Å². The van der Waals surface area contributed by atoms with Crippen LogP contribution in [0.5, 0.6) is 0 Å². The van der Waals surface area contributed by atoms with Gasteiger partial charge >= 0.3 is 6.03 Å². The molecule has 24 heavy (non-hydrogen) atoms. The molecule has 1 aliphatic carbocycles. The van der Waals surface area contributed by atoms with Gasteiger partial charge in [-0.3, -0.25) is 0 Å².